The van der Waals surface area contributed by atoms with Gasteiger partial charge in [0.2, 0.25) is 0 Å². The van der Waals surface area contributed by atoms with Crippen molar-refractivity contribution in [3.8, 4) is 11.1 Å². The van der Waals surface area contributed by atoms with Gasteiger partial charge in [-0.3, -0.25) is 14.6 Å². The summed E-state index contributed by atoms with van der Waals surface area (Å²) in [6, 6.07) is 8.83. The summed E-state index contributed by atoms with van der Waals surface area (Å²) in [7, 11) is 0. The number of nitrogens with zero attached hydrogens (tertiary/aromatic N) is 5. The van der Waals surface area contributed by atoms with Gasteiger partial charge in [0.15, 0.2) is 0 Å². The Labute approximate surface area is 210 Å². The van der Waals surface area contributed by atoms with Crippen molar-refractivity contribution in [2.75, 3.05) is 26.2 Å². The van der Waals surface area contributed by atoms with Crippen molar-refractivity contribution in [2.45, 2.75) is 45.2 Å². The van der Waals surface area contributed by atoms with Gasteiger partial charge in [-0.2, -0.15) is 5.10 Å². The van der Waals surface area contributed by atoms with E-state index in [1.165, 1.54) is 24.8 Å². The predicted molar refractivity (Wildman–Crippen MR) is 140 cm³/mol. The molecule has 7 nitrogen and oxygen atoms in total. The summed E-state index contributed by atoms with van der Waals surface area (Å²) in [4.78, 5) is 15.5. The molecule has 1 atom stereocenters. The molecule has 1 saturated heterocycles. The molecule has 0 spiro atoms. The van der Waals surface area contributed by atoms with Crippen molar-refractivity contribution in [1.29, 1.82) is 0 Å². The normalized spacial score (nSPS) is 18.1. The van der Waals surface area contributed by atoms with Crippen LogP contribution in [0.25, 0.3) is 22.2 Å². The molecule has 4 aromatic rings. The minimum Gasteiger partial charge on any atom is -0.342 e. The van der Waals surface area contributed by atoms with Gasteiger partial charge >= 0.3 is 0 Å². The average Bonchev–Trinajstić information content (AvgIpc) is 3.49. The number of benzene rings is 1. The quantitative estimate of drug-likeness (QED) is 0.389. The lowest BCUT2D eigenvalue weighted by Crippen LogP contribution is -2.44. The van der Waals surface area contributed by atoms with Crippen molar-refractivity contribution >= 4 is 22.6 Å². The van der Waals surface area contributed by atoms with Gasteiger partial charge in [-0.15, -0.1) is 0 Å². The van der Waals surface area contributed by atoms with E-state index in [9.17, 15) is 0 Å². The zero-order valence-corrected chi connectivity index (χ0v) is 20.9. The van der Waals surface area contributed by atoms with Crippen LogP contribution < -0.4 is 5.32 Å². The van der Waals surface area contributed by atoms with E-state index < -0.39 is 0 Å². The molecule has 2 fully saturated rings. The first kappa shape index (κ1) is 22.7. The number of H-pyrrole nitrogens is 1. The monoisotopic (exact) mass is 489 g/mol. The molecule has 1 unspecified atom stereocenters. The summed E-state index contributed by atoms with van der Waals surface area (Å²) in [5, 5.41) is 8.66. The molecule has 2 aliphatic rings. The number of hydrogen-bond donors (Lipinski definition) is 2. The number of halogens is 1. The molecule has 0 bridgehead atoms. The number of piperazine rings is 1. The second-order valence-corrected chi connectivity index (χ2v) is 10.4. The van der Waals surface area contributed by atoms with Crippen molar-refractivity contribution in [3.63, 3.8) is 0 Å². The van der Waals surface area contributed by atoms with E-state index in [1.54, 1.807) is 0 Å². The zero-order valence-electron chi connectivity index (χ0n) is 20.2. The van der Waals surface area contributed by atoms with E-state index in [2.05, 4.69) is 67.4 Å². The summed E-state index contributed by atoms with van der Waals surface area (Å²) >= 11 is 6.85. The van der Waals surface area contributed by atoms with Gasteiger partial charge < -0.3 is 10.3 Å². The number of aromatic amines is 1. The van der Waals surface area contributed by atoms with Crippen molar-refractivity contribution < 1.29 is 0 Å². The van der Waals surface area contributed by atoms with Crippen LogP contribution in [0, 0.1) is 5.92 Å². The molecule has 2 N–H and O–H groups in total. The van der Waals surface area contributed by atoms with Crippen LogP contribution in [0.5, 0.6) is 0 Å². The van der Waals surface area contributed by atoms with Gasteiger partial charge in [-0.1, -0.05) is 24.1 Å². The maximum Gasteiger partial charge on any atom is 0.113 e. The minimum absolute atomic E-state index is 0.372. The number of fused-ring (bicyclic) bond motifs is 1. The van der Waals surface area contributed by atoms with E-state index in [0.717, 1.165) is 72.3 Å². The molecule has 182 valence electrons. The first-order valence-electron chi connectivity index (χ1n) is 12.7. The molecule has 0 amide bonds. The molecule has 35 heavy (non-hydrogen) atoms. The molecular formula is C27H32ClN7. The molecule has 3 aromatic heterocycles. The molecular weight excluding hydrogens is 458 g/mol. The Morgan fingerprint density at radius 2 is 2.03 bits per heavy atom. The lowest BCUT2D eigenvalue weighted by atomic mass is 9.85. The van der Waals surface area contributed by atoms with Crippen LogP contribution in [0.4, 0.5) is 0 Å². The molecule has 4 heterocycles. The Morgan fingerprint density at radius 3 is 2.83 bits per heavy atom. The second kappa shape index (κ2) is 9.72. The summed E-state index contributed by atoms with van der Waals surface area (Å²) in [5.41, 5.74) is 6.07. The van der Waals surface area contributed by atoms with E-state index >= 15 is 0 Å². The van der Waals surface area contributed by atoms with E-state index in [4.69, 9.17) is 16.6 Å². The highest BCUT2D eigenvalue weighted by Gasteiger charge is 2.20. The molecule has 1 saturated carbocycles. The lowest BCUT2D eigenvalue weighted by Gasteiger charge is -2.33. The van der Waals surface area contributed by atoms with Crippen molar-refractivity contribution in [2.24, 2.45) is 5.92 Å². The van der Waals surface area contributed by atoms with Crippen LogP contribution in [-0.4, -0.2) is 55.8 Å². The third kappa shape index (κ3) is 4.73. The summed E-state index contributed by atoms with van der Waals surface area (Å²) in [6.07, 6.45) is 10.5. The highest BCUT2D eigenvalue weighted by molar-refractivity contribution is 6.37. The minimum atomic E-state index is 0.372. The van der Waals surface area contributed by atoms with Crippen LogP contribution in [-0.2, 0) is 13.0 Å². The molecule has 1 aliphatic carbocycles. The highest BCUT2D eigenvalue weighted by Crippen LogP contribution is 2.34. The maximum absolute atomic E-state index is 6.85. The van der Waals surface area contributed by atoms with Gasteiger partial charge in [0, 0.05) is 74.4 Å². The second-order valence-electron chi connectivity index (χ2n) is 9.97. The lowest BCUT2D eigenvalue weighted by molar-refractivity contribution is 0.185. The van der Waals surface area contributed by atoms with Gasteiger partial charge in [0.05, 0.1) is 16.7 Å². The Hall–Kier alpha value is -2.74. The van der Waals surface area contributed by atoms with Crippen LogP contribution in [0.3, 0.4) is 0 Å². The maximum atomic E-state index is 6.85. The number of aromatic nitrogens is 5. The fourth-order valence-electron chi connectivity index (χ4n) is 5.25. The third-order valence-electron chi connectivity index (χ3n) is 7.63. The van der Waals surface area contributed by atoms with Gasteiger partial charge in [0.25, 0.3) is 0 Å². The Balaban J connectivity index is 1.21. The van der Waals surface area contributed by atoms with E-state index in [1.807, 2.05) is 12.4 Å². The fraction of sp³-hybridized carbons (Fsp3) is 0.444. The van der Waals surface area contributed by atoms with Crippen molar-refractivity contribution in [1.82, 2.24) is 34.9 Å². The van der Waals surface area contributed by atoms with Gasteiger partial charge in [-0.05, 0) is 49.4 Å². The highest BCUT2D eigenvalue weighted by atomic mass is 35.5. The van der Waals surface area contributed by atoms with E-state index in [0.29, 0.717) is 17.5 Å². The third-order valence-corrected chi connectivity index (χ3v) is 8.01. The number of rotatable bonds is 7. The molecule has 1 aliphatic heterocycles. The van der Waals surface area contributed by atoms with Crippen LogP contribution >= 0.6 is 11.6 Å². The van der Waals surface area contributed by atoms with Gasteiger partial charge in [-0.25, -0.2) is 4.98 Å². The Bertz CT molecular complexity index is 1320. The largest absolute Gasteiger partial charge is 0.342 e. The van der Waals surface area contributed by atoms with Crippen LogP contribution in [0.15, 0.2) is 42.9 Å². The number of imidazole rings is 1. The van der Waals surface area contributed by atoms with Gasteiger partial charge in [0.1, 0.15) is 11.3 Å². The van der Waals surface area contributed by atoms with Crippen LogP contribution in [0.1, 0.15) is 49.3 Å². The summed E-state index contributed by atoms with van der Waals surface area (Å²) in [6.45, 7) is 7.51. The molecule has 6 rings (SSSR count). The van der Waals surface area contributed by atoms with Crippen LogP contribution in [0.2, 0.25) is 5.02 Å². The Morgan fingerprint density at radius 1 is 1.17 bits per heavy atom. The van der Waals surface area contributed by atoms with E-state index in [-0.39, 0.29) is 0 Å². The molecule has 1 aromatic carbocycles. The fourth-order valence-corrected chi connectivity index (χ4v) is 5.56. The smallest absolute Gasteiger partial charge is 0.113 e. The summed E-state index contributed by atoms with van der Waals surface area (Å²) in [5.74, 6) is 1.64. The average molecular weight is 490 g/mol. The SMILES string of the molecule is CC(c1ccnc(Cc2nc3c(Cl)c(-c4cnn(CC5CCC5)c4)ccc3[nH]2)c1)N1CCNCC1. The Kier molecular flexibility index (Phi) is 6.31. The number of nitrogens with one attached hydrogen (secondary N) is 2. The predicted octanol–water partition coefficient (Wildman–Crippen LogP) is 4.83. The number of hydrogen-bond acceptors (Lipinski definition) is 5. The van der Waals surface area contributed by atoms with Crippen molar-refractivity contribution in [3.05, 3.63) is 65.0 Å². The molecule has 8 heteroatoms. The summed E-state index contributed by atoms with van der Waals surface area (Å²) < 4.78 is 2.05. The standard InChI is InChI=1S/C27H32ClN7/c1-18(34-11-9-29-10-12-34)20-7-8-30-22(13-20)14-25-32-24-6-5-23(26(28)27(24)33-25)21-15-31-35(17-21)16-19-3-2-4-19/h5-8,13,15,17-19,29H,2-4,9-12,14,16H2,1H3,(H,32,33). The first-order chi connectivity index (χ1) is 17.1. The first-order valence-corrected chi connectivity index (χ1v) is 13.1. The topological polar surface area (TPSA) is 74.7 Å². The number of pyridine rings is 1. The zero-order chi connectivity index (χ0) is 23.8. The molecule has 0 radical (unpaired) electrons.